The van der Waals surface area contributed by atoms with E-state index in [9.17, 15) is 9.59 Å². The Kier molecular flexibility index (Phi) is 4.61. The van der Waals surface area contributed by atoms with Crippen molar-refractivity contribution in [3.63, 3.8) is 0 Å². The molecule has 1 aliphatic heterocycles. The molecule has 2 aromatic heterocycles. The molecular formula is C15H21N5O2S. The summed E-state index contributed by atoms with van der Waals surface area (Å²) in [5, 5.41) is 5.21. The summed E-state index contributed by atoms with van der Waals surface area (Å²) in [6, 6.07) is 1.57. The predicted octanol–water partition coefficient (Wildman–Crippen LogP) is 1.16. The van der Waals surface area contributed by atoms with Crippen LogP contribution in [0.3, 0.4) is 0 Å². The maximum atomic E-state index is 12.1. The topological polar surface area (TPSA) is 70.8 Å². The van der Waals surface area contributed by atoms with E-state index in [1.165, 1.54) is 15.9 Å². The highest BCUT2D eigenvalue weighted by molar-refractivity contribution is 7.20. The number of aromatic nitrogens is 3. The number of nitrogens with zero attached hydrogens (tertiary/aromatic N) is 5. The van der Waals surface area contributed by atoms with E-state index >= 15 is 0 Å². The average molecular weight is 335 g/mol. The van der Waals surface area contributed by atoms with E-state index in [4.69, 9.17) is 0 Å². The van der Waals surface area contributed by atoms with E-state index in [1.807, 2.05) is 11.8 Å². The van der Waals surface area contributed by atoms with Gasteiger partial charge in [-0.3, -0.25) is 9.59 Å². The van der Waals surface area contributed by atoms with Crippen molar-refractivity contribution < 1.29 is 4.79 Å². The van der Waals surface area contributed by atoms with Crippen LogP contribution >= 0.6 is 11.3 Å². The molecule has 0 spiro atoms. The number of hydrogen-bond donors (Lipinski definition) is 0. The standard InChI is InChI=1S/C15H21N5O2S/c1-3-5-11-10-13(22)20-14(16-11)23-15(17-20)19-8-6-18(7-9-19)12(21)4-2/h10H,3-9H2,1-2H3. The van der Waals surface area contributed by atoms with Gasteiger partial charge in [-0.25, -0.2) is 4.98 Å². The third kappa shape index (κ3) is 3.21. The van der Waals surface area contributed by atoms with Crippen molar-refractivity contribution in [3.8, 4) is 0 Å². The summed E-state index contributed by atoms with van der Waals surface area (Å²) in [5.41, 5.74) is 0.701. The highest BCUT2D eigenvalue weighted by Gasteiger charge is 2.22. The molecular weight excluding hydrogens is 314 g/mol. The van der Waals surface area contributed by atoms with Gasteiger partial charge in [0.25, 0.3) is 5.56 Å². The summed E-state index contributed by atoms with van der Waals surface area (Å²) in [4.78, 5) is 33.1. The zero-order chi connectivity index (χ0) is 16.4. The molecule has 23 heavy (non-hydrogen) atoms. The second kappa shape index (κ2) is 6.66. The van der Waals surface area contributed by atoms with Gasteiger partial charge in [-0.2, -0.15) is 4.52 Å². The minimum Gasteiger partial charge on any atom is -0.343 e. The Morgan fingerprint density at radius 3 is 2.65 bits per heavy atom. The van der Waals surface area contributed by atoms with E-state index in [1.54, 1.807) is 6.07 Å². The van der Waals surface area contributed by atoms with Gasteiger partial charge in [-0.05, 0) is 6.42 Å². The molecule has 0 N–H and O–H groups in total. The number of carbonyl (C=O) groups is 1. The Morgan fingerprint density at radius 2 is 2.00 bits per heavy atom. The molecule has 8 heteroatoms. The van der Waals surface area contributed by atoms with Crippen LogP contribution in [-0.2, 0) is 11.2 Å². The number of aryl methyl sites for hydroxylation is 1. The number of carbonyl (C=O) groups excluding carboxylic acids is 1. The molecule has 3 rings (SSSR count). The Balaban J connectivity index is 1.80. The van der Waals surface area contributed by atoms with Gasteiger partial charge in [0, 0.05) is 44.4 Å². The zero-order valence-corrected chi connectivity index (χ0v) is 14.3. The smallest absolute Gasteiger partial charge is 0.275 e. The number of fused-ring (bicyclic) bond motifs is 1. The molecule has 1 saturated heterocycles. The number of amides is 1. The predicted molar refractivity (Wildman–Crippen MR) is 90.2 cm³/mol. The average Bonchev–Trinajstić information content (AvgIpc) is 2.99. The third-order valence-electron chi connectivity index (χ3n) is 4.00. The van der Waals surface area contributed by atoms with Crippen LogP contribution in [-0.4, -0.2) is 51.6 Å². The molecule has 0 aromatic carbocycles. The monoisotopic (exact) mass is 335 g/mol. The molecule has 7 nitrogen and oxygen atoms in total. The van der Waals surface area contributed by atoms with E-state index in [0.29, 0.717) is 24.5 Å². The van der Waals surface area contributed by atoms with Gasteiger partial charge in [0.1, 0.15) is 0 Å². The maximum absolute atomic E-state index is 12.1. The van der Waals surface area contributed by atoms with Crippen LogP contribution in [0.5, 0.6) is 0 Å². The summed E-state index contributed by atoms with van der Waals surface area (Å²) in [6.07, 6.45) is 2.30. The summed E-state index contributed by atoms with van der Waals surface area (Å²) in [5.74, 6) is 0.191. The third-order valence-corrected chi connectivity index (χ3v) is 4.97. The SMILES string of the molecule is CCCc1cc(=O)n2nc(N3CCN(C(=O)CC)CC3)sc2n1. The van der Waals surface area contributed by atoms with E-state index in [0.717, 1.165) is 36.8 Å². The van der Waals surface area contributed by atoms with E-state index in [-0.39, 0.29) is 11.5 Å². The molecule has 0 radical (unpaired) electrons. The molecule has 124 valence electrons. The van der Waals surface area contributed by atoms with Crippen LogP contribution in [0.2, 0.25) is 0 Å². The van der Waals surface area contributed by atoms with Crippen molar-refractivity contribution in [1.29, 1.82) is 0 Å². The highest BCUT2D eigenvalue weighted by Crippen LogP contribution is 2.22. The van der Waals surface area contributed by atoms with Crippen LogP contribution in [0.25, 0.3) is 4.96 Å². The molecule has 0 atom stereocenters. The first-order valence-corrected chi connectivity index (χ1v) is 8.86. The molecule has 0 saturated carbocycles. The van der Waals surface area contributed by atoms with Gasteiger partial charge in [0.15, 0.2) is 0 Å². The Bertz CT molecular complexity index is 761. The minimum atomic E-state index is -0.124. The van der Waals surface area contributed by atoms with Crippen molar-refractivity contribution in [2.75, 3.05) is 31.1 Å². The fourth-order valence-corrected chi connectivity index (χ4v) is 3.71. The highest BCUT2D eigenvalue weighted by atomic mass is 32.1. The van der Waals surface area contributed by atoms with Crippen LogP contribution in [0.1, 0.15) is 32.4 Å². The Labute approximate surface area is 138 Å². The number of anilines is 1. The van der Waals surface area contributed by atoms with Crippen LogP contribution in [0.15, 0.2) is 10.9 Å². The molecule has 1 amide bonds. The minimum absolute atomic E-state index is 0.124. The first-order valence-electron chi connectivity index (χ1n) is 8.05. The van der Waals surface area contributed by atoms with Crippen molar-refractivity contribution in [2.45, 2.75) is 33.1 Å². The summed E-state index contributed by atoms with van der Waals surface area (Å²) in [6.45, 7) is 6.83. The van der Waals surface area contributed by atoms with Gasteiger partial charge >= 0.3 is 0 Å². The van der Waals surface area contributed by atoms with Gasteiger partial charge in [-0.1, -0.05) is 31.6 Å². The summed E-state index contributed by atoms with van der Waals surface area (Å²) < 4.78 is 1.38. The van der Waals surface area contributed by atoms with E-state index < -0.39 is 0 Å². The lowest BCUT2D eigenvalue weighted by Gasteiger charge is -2.34. The van der Waals surface area contributed by atoms with Crippen LogP contribution < -0.4 is 10.5 Å². The Morgan fingerprint density at radius 1 is 1.26 bits per heavy atom. The fraction of sp³-hybridized carbons (Fsp3) is 0.600. The van der Waals surface area contributed by atoms with Crippen molar-refractivity contribution in [1.82, 2.24) is 19.5 Å². The van der Waals surface area contributed by atoms with Gasteiger partial charge in [-0.15, -0.1) is 5.10 Å². The lowest BCUT2D eigenvalue weighted by molar-refractivity contribution is -0.131. The van der Waals surface area contributed by atoms with Crippen LogP contribution in [0, 0.1) is 0 Å². The molecule has 1 fully saturated rings. The zero-order valence-electron chi connectivity index (χ0n) is 13.5. The van der Waals surface area contributed by atoms with Gasteiger partial charge in [0.05, 0.1) is 0 Å². The molecule has 0 bridgehead atoms. The molecule has 3 heterocycles. The van der Waals surface area contributed by atoms with Crippen LogP contribution in [0.4, 0.5) is 5.13 Å². The van der Waals surface area contributed by atoms with Crippen molar-refractivity contribution >= 4 is 27.3 Å². The fourth-order valence-electron chi connectivity index (χ4n) is 2.73. The summed E-state index contributed by atoms with van der Waals surface area (Å²) >= 11 is 1.44. The first kappa shape index (κ1) is 15.9. The molecule has 0 aliphatic carbocycles. The quantitative estimate of drug-likeness (QED) is 0.838. The number of hydrogen-bond acceptors (Lipinski definition) is 6. The van der Waals surface area contributed by atoms with Gasteiger partial charge < -0.3 is 9.80 Å². The largest absolute Gasteiger partial charge is 0.343 e. The first-order chi connectivity index (χ1) is 11.1. The molecule has 1 aliphatic rings. The Hall–Kier alpha value is -1.96. The van der Waals surface area contributed by atoms with Crippen molar-refractivity contribution in [2.24, 2.45) is 0 Å². The second-order valence-corrected chi connectivity index (χ2v) is 6.57. The lowest BCUT2D eigenvalue weighted by Crippen LogP contribution is -2.48. The number of rotatable bonds is 4. The maximum Gasteiger partial charge on any atom is 0.275 e. The van der Waals surface area contributed by atoms with Gasteiger partial charge in [0.2, 0.25) is 16.0 Å². The summed E-state index contributed by atoms with van der Waals surface area (Å²) in [7, 11) is 0. The lowest BCUT2D eigenvalue weighted by atomic mass is 10.2. The molecule has 2 aromatic rings. The normalized spacial score (nSPS) is 15.4. The molecule has 0 unspecified atom stereocenters. The number of piperazine rings is 1. The second-order valence-electron chi connectivity index (χ2n) is 5.64. The van der Waals surface area contributed by atoms with E-state index in [2.05, 4.69) is 21.9 Å². The van der Waals surface area contributed by atoms with Crippen molar-refractivity contribution in [3.05, 3.63) is 22.1 Å².